The Bertz CT molecular complexity index is 821. The van der Waals surface area contributed by atoms with Crippen LogP contribution in [0.3, 0.4) is 0 Å². The van der Waals surface area contributed by atoms with Crippen LogP contribution in [0.25, 0.3) is 5.57 Å². The zero-order valence-corrected chi connectivity index (χ0v) is 15.8. The molecule has 26 heavy (non-hydrogen) atoms. The maximum Gasteiger partial charge on any atom is 0.262 e. The van der Waals surface area contributed by atoms with Crippen LogP contribution in [0.15, 0.2) is 29.8 Å². The summed E-state index contributed by atoms with van der Waals surface area (Å²) >= 11 is 0. The summed E-state index contributed by atoms with van der Waals surface area (Å²) in [6.45, 7) is 6.06. The standard InChI is InChI=1S/C21H27N3O2/c1-13(2)14-5-6-15-12-20(9-7-16(26-4)8-10-20)21(17(15)11-14)18(25)24(3)19(22)23-21/h5-6,11,16H,1,7-10,12H2,2-4H3,(H2,22,23). The Morgan fingerprint density at radius 2 is 2.08 bits per heavy atom. The normalized spacial score (nSPS) is 33.0. The highest BCUT2D eigenvalue weighted by Gasteiger charge is 2.66. The van der Waals surface area contributed by atoms with Crippen molar-refractivity contribution >= 4 is 17.4 Å². The van der Waals surface area contributed by atoms with Crippen LogP contribution in [-0.2, 0) is 21.5 Å². The van der Waals surface area contributed by atoms with E-state index in [0.29, 0.717) is 5.96 Å². The second kappa shape index (κ2) is 5.68. The molecule has 138 valence electrons. The lowest BCUT2D eigenvalue weighted by Crippen LogP contribution is -2.51. The average Bonchev–Trinajstić information content (AvgIpc) is 3.03. The van der Waals surface area contributed by atoms with Crippen molar-refractivity contribution in [3.63, 3.8) is 0 Å². The molecular weight excluding hydrogens is 326 g/mol. The van der Waals surface area contributed by atoms with E-state index in [-0.39, 0.29) is 17.4 Å². The number of nitrogens with zero attached hydrogens (tertiary/aromatic N) is 2. The van der Waals surface area contributed by atoms with Crippen LogP contribution in [0.5, 0.6) is 0 Å². The highest BCUT2D eigenvalue weighted by atomic mass is 16.5. The first-order valence-corrected chi connectivity index (χ1v) is 9.30. The molecule has 0 saturated heterocycles. The molecule has 5 heteroatoms. The van der Waals surface area contributed by atoms with Gasteiger partial charge in [-0.25, -0.2) is 4.99 Å². The molecule has 0 bridgehead atoms. The summed E-state index contributed by atoms with van der Waals surface area (Å²) in [5.41, 5.74) is 9.30. The number of nitrogens with two attached hydrogens (primary N) is 1. The summed E-state index contributed by atoms with van der Waals surface area (Å²) in [6, 6.07) is 6.36. The Morgan fingerprint density at radius 1 is 1.38 bits per heavy atom. The lowest BCUT2D eigenvalue weighted by atomic mass is 9.61. The van der Waals surface area contributed by atoms with Gasteiger partial charge in [-0.05, 0) is 61.8 Å². The number of guanidine groups is 1. The largest absolute Gasteiger partial charge is 0.381 e. The quantitative estimate of drug-likeness (QED) is 0.889. The number of likely N-dealkylation sites (N-methyl/N-ethyl adjacent to an activating group) is 1. The van der Waals surface area contributed by atoms with E-state index in [1.807, 2.05) is 6.92 Å². The maximum atomic E-state index is 13.5. The van der Waals surface area contributed by atoms with Crippen molar-refractivity contribution in [2.75, 3.05) is 14.2 Å². The number of fused-ring (bicyclic) bond motifs is 3. The van der Waals surface area contributed by atoms with Gasteiger partial charge in [0.05, 0.1) is 6.10 Å². The number of carbonyl (C=O) groups excluding carboxylic acids is 1. The Kier molecular flexibility index (Phi) is 3.77. The molecule has 1 atom stereocenters. The second-order valence-corrected chi connectivity index (χ2v) is 8.09. The third-order valence-electron chi connectivity index (χ3n) is 6.75. The van der Waals surface area contributed by atoms with E-state index in [1.165, 1.54) is 10.5 Å². The Morgan fingerprint density at radius 3 is 2.62 bits per heavy atom. The maximum absolute atomic E-state index is 13.5. The third kappa shape index (κ3) is 2.07. The first-order chi connectivity index (χ1) is 12.3. The van der Waals surface area contributed by atoms with E-state index >= 15 is 0 Å². The summed E-state index contributed by atoms with van der Waals surface area (Å²) in [5, 5.41) is 0. The molecule has 1 aromatic carbocycles. The Balaban J connectivity index is 1.90. The number of carbonyl (C=O) groups is 1. The molecule has 4 rings (SSSR count). The van der Waals surface area contributed by atoms with Crippen LogP contribution >= 0.6 is 0 Å². The number of hydrogen-bond acceptors (Lipinski definition) is 4. The number of aliphatic imine (C=N–C) groups is 1. The molecule has 1 amide bonds. The van der Waals surface area contributed by atoms with Crippen molar-refractivity contribution in [1.29, 1.82) is 0 Å². The van der Waals surface area contributed by atoms with Gasteiger partial charge in [0.2, 0.25) is 0 Å². The molecule has 2 N–H and O–H groups in total. The predicted molar refractivity (Wildman–Crippen MR) is 103 cm³/mol. The molecule has 0 aromatic heterocycles. The van der Waals surface area contributed by atoms with Gasteiger partial charge >= 0.3 is 0 Å². The predicted octanol–water partition coefficient (Wildman–Crippen LogP) is 2.83. The summed E-state index contributed by atoms with van der Waals surface area (Å²) in [6.07, 6.45) is 4.87. The molecule has 1 saturated carbocycles. The van der Waals surface area contributed by atoms with Gasteiger partial charge in [-0.15, -0.1) is 0 Å². The average molecular weight is 353 g/mol. The van der Waals surface area contributed by atoms with Crippen molar-refractivity contribution in [1.82, 2.24) is 4.90 Å². The van der Waals surface area contributed by atoms with Crippen molar-refractivity contribution in [2.45, 2.75) is 50.7 Å². The van der Waals surface area contributed by atoms with E-state index in [4.69, 9.17) is 15.5 Å². The van der Waals surface area contributed by atoms with Crippen LogP contribution < -0.4 is 5.73 Å². The van der Waals surface area contributed by atoms with Gasteiger partial charge in [-0.2, -0.15) is 0 Å². The SMILES string of the molecule is C=C(C)c1ccc2c(c1)C1(N=C(N)N(C)C1=O)C1(CCC(OC)CC1)C2. The minimum Gasteiger partial charge on any atom is -0.381 e. The van der Waals surface area contributed by atoms with Crippen LogP contribution in [0.4, 0.5) is 0 Å². The third-order valence-corrected chi connectivity index (χ3v) is 6.75. The van der Waals surface area contributed by atoms with Gasteiger partial charge in [0.1, 0.15) is 0 Å². The van der Waals surface area contributed by atoms with Gasteiger partial charge in [-0.1, -0.05) is 24.3 Å². The van der Waals surface area contributed by atoms with Gasteiger partial charge in [0.25, 0.3) is 5.91 Å². The highest BCUT2D eigenvalue weighted by Crippen LogP contribution is 2.61. The zero-order valence-electron chi connectivity index (χ0n) is 15.8. The monoisotopic (exact) mass is 353 g/mol. The zero-order chi connectivity index (χ0) is 18.7. The number of hydrogen-bond donors (Lipinski definition) is 1. The topological polar surface area (TPSA) is 67.9 Å². The minimum atomic E-state index is -0.897. The van der Waals surface area contributed by atoms with E-state index in [1.54, 1.807) is 14.2 Å². The van der Waals surface area contributed by atoms with Crippen molar-refractivity contribution < 1.29 is 9.53 Å². The van der Waals surface area contributed by atoms with Crippen LogP contribution in [-0.4, -0.2) is 37.0 Å². The summed E-state index contributed by atoms with van der Waals surface area (Å²) in [7, 11) is 3.50. The molecule has 1 unspecified atom stereocenters. The minimum absolute atomic E-state index is 0.00322. The number of rotatable bonds is 2. The fraction of sp³-hybridized carbons (Fsp3) is 0.524. The van der Waals surface area contributed by atoms with E-state index < -0.39 is 5.54 Å². The highest BCUT2D eigenvalue weighted by molar-refractivity contribution is 6.08. The molecule has 1 aliphatic heterocycles. The first-order valence-electron chi connectivity index (χ1n) is 9.30. The van der Waals surface area contributed by atoms with Gasteiger partial charge in [0.15, 0.2) is 11.5 Å². The second-order valence-electron chi connectivity index (χ2n) is 8.09. The molecule has 5 nitrogen and oxygen atoms in total. The van der Waals surface area contributed by atoms with Crippen LogP contribution in [0, 0.1) is 5.41 Å². The summed E-state index contributed by atoms with van der Waals surface area (Å²) in [4.78, 5) is 19.9. The molecule has 1 aromatic rings. The van der Waals surface area contributed by atoms with E-state index in [2.05, 4.69) is 24.8 Å². The fourth-order valence-corrected chi connectivity index (χ4v) is 5.19. The van der Waals surface area contributed by atoms with E-state index in [0.717, 1.165) is 48.8 Å². The van der Waals surface area contributed by atoms with Gasteiger partial charge in [0, 0.05) is 19.6 Å². The van der Waals surface area contributed by atoms with Crippen molar-refractivity contribution in [3.8, 4) is 0 Å². The lowest BCUT2D eigenvalue weighted by Gasteiger charge is -2.45. The van der Waals surface area contributed by atoms with Gasteiger partial charge in [-0.3, -0.25) is 9.69 Å². The van der Waals surface area contributed by atoms with Crippen LogP contribution in [0.2, 0.25) is 0 Å². The molecule has 3 aliphatic rings. The van der Waals surface area contributed by atoms with E-state index in [9.17, 15) is 4.79 Å². The number of amides is 1. The van der Waals surface area contributed by atoms with Crippen molar-refractivity contribution in [2.24, 2.45) is 16.1 Å². The number of methoxy groups -OCH3 is 1. The Hall–Kier alpha value is -2.14. The number of ether oxygens (including phenoxy) is 1. The summed E-state index contributed by atoms with van der Waals surface area (Å²) < 4.78 is 5.57. The van der Waals surface area contributed by atoms with Crippen molar-refractivity contribution in [3.05, 3.63) is 41.5 Å². The molecule has 2 aliphatic carbocycles. The molecule has 0 radical (unpaired) electrons. The lowest BCUT2D eigenvalue weighted by molar-refractivity contribution is -0.137. The molecule has 1 heterocycles. The van der Waals surface area contributed by atoms with Crippen LogP contribution in [0.1, 0.15) is 49.3 Å². The van der Waals surface area contributed by atoms with Gasteiger partial charge < -0.3 is 10.5 Å². The first kappa shape index (κ1) is 17.3. The molecule has 1 fully saturated rings. The summed E-state index contributed by atoms with van der Waals surface area (Å²) in [5.74, 6) is 0.320. The molecular formula is C21H27N3O2. The fourth-order valence-electron chi connectivity index (χ4n) is 5.19. The Labute approximate surface area is 154 Å². The number of allylic oxidation sites excluding steroid dienone is 1. The molecule has 2 spiro atoms. The number of benzene rings is 1. The smallest absolute Gasteiger partial charge is 0.262 e.